The molecule has 5 heteroatoms. The zero-order chi connectivity index (χ0) is 8.97. The maximum Gasteiger partial charge on any atom is 0.273 e. The van der Waals surface area contributed by atoms with Gasteiger partial charge in [-0.3, -0.25) is 0 Å². The first-order valence-electron chi connectivity index (χ1n) is 3.65. The lowest BCUT2D eigenvalue weighted by atomic mass is 10.2. The molecule has 0 aliphatic rings. The molecule has 0 aromatic carbocycles. The molecule has 1 aromatic rings. The van der Waals surface area contributed by atoms with Gasteiger partial charge in [-0.05, 0) is 13.0 Å². The molecule has 0 aliphatic heterocycles. The van der Waals surface area contributed by atoms with Crippen molar-refractivity contribution in [1.82, 2.24) is 4.98 Å². The maximum absolute atomic E-state index is 9.46. The Labute approximate surface area is 75.0 Å². The lowest BCUT2D eigenvalue weighted by Gasteiger charge is -2.03. The summed E-state index contributed by atoms with van der Waals surface area (Å²) in [7, 11) is 1.55. The summed E-state index contributed by atoms with van der Waals surface area (Å²) >= 11 is 1.34. The van der Waals surface area contributed by atoms with E-state index in [2.05, 4.69) is 4.98 Å². The van der Waals surface area contributed by atoms with Gasteiger partial charge in [-0.1, -0.05) is 11.3 Å². The number of ether oxygens (including phenoxy) is 1. The van der Waals surface area contributed by atoms with Crippen LogP contribution in [0.25, 0.3) is 0 Å². The summed E-state index contributed by atoms with van der Waals surface area (Å²) in [5.74, 6) is 0. The van der Waals surface area contributed by atoms with E-state index >= 15 is 0 Å². The van der Waals surface area contributed by atoms with Gasteiger partial charge in [-0.15, -0.1) is 0 Å². The first kappa shape index (κ1) is 9.44. The lowest BCUT2D eigenvalue weighted by molar-refractivity contribution is 0.174. The van der Waals surface area contributed by atoms with Crippen molar-refractivity contribution >= 4 is 11.3 Å². The van der Waals surface area contributed by atoms with Crippen LogP contribution in [-0.2, 0) is 0 Å². The van der Waals surface area contributed by atoms with Crippen molar-refractivity contribution in [3.63, 3.8) is 0 Å². The van der Waals surface area contributed by atoms with Gasteiger partial charge in [0.05, 0.1) is 18.1 Å². The molecule has 1 rings (SSSR count). The Morgan fingerprint density at radius 2 is 2.58 bits per heavy atom. The zero-order valence-electron chi connectivity index (χ0n) is 6.86. The van der Waals surface area contributed by atoms with E-state index in [0.717, 1.165) is 4.88 Å². The van der Waals surface area contributed by atoms with Gasteiger partial charge < -0.3 is 15.6 Å². The Hall–Kier alpha value is -0.650. The van der Waals surface area contributed by atoms with Gasteiger partial charge in [-0.2, -0.15) is 0 Å². The van der Waals surface area contributed by atoms with Crippen LogP contribution in [0.1, 0.15) is 17.4 Å². The van der Waals surface area contributed by atoms with Crippen LogP contribution in [0.15, 0.2) is 6.20 Å². The van der Waals surface area contributed by atoms with Crippen LogP contribution in [0.5, 0.6) is 5.19 Å². The quantitative estimate of drug-likeness (QED) is 0.723. The minimum Gasteiger partial charge on any atom is -0.473 e. The second-order valence-electron chi connectivity index (χ2n) is 2.33. The number of aliphatic hydroxyl groups is 1. The number of aliphatic hydroxyl groups excluding tert-OH is 1. The Morgan fingerprint density at radius 3 is 3.08 bits per heavy atom. The molecule has 1 atom stereocenters. The maximum atomic E-state index is 9.46. The van der Waals surface area contributed by atoms with Crippen LogP contribution in [0.3, 0.4) is 0 Å². The van der Waals surface area contributed by atoms with E-state index in [1.54, 1.807) is 13.3 Å². The fourth-order valence-corrected chi connectivity index (χ4v) is 1.57. The largest absolute Gasteiger partial charge is 0.473 e. The first-order chi connectivity index (χ1) is 5.77. The minimum atomic E-state index is -0.503. The van der Waals surface area contributed by atoms with Crippen LogP contribution in [0.4, 0.5) is 0 Å². The van der Waals surface area contributed by atoms with Crippen molar-refractivity contribution in [1.29, 1.82) is 0 Å². The molecule has 0 fully saturated rings. The molecule has 3 N–H and O–H groups in total. The van der Waals surface area contributed by atoms with E-state index in [4.69, 9.17) is 10.5 Å². The van der Waals surface area contributed by atoms with Crippen LogP contribution >= 0.6 is 11.3 Å². The van der Waals surface area contributed by atoms with E-state index in [0.29, 0.717) is 18.2 Å². The molecule has 0 radical (unpaired) electrons. The number of hydrogen-bond donors (Lipinski definition) is 2. The molecule has 0 amide bonds. The van der Waals surface area contributed by atoms with Crippen molar-refractivity contribution in [2.45, 2.75) is 12.5 Å². The zero-order valence-corrected chi connectivity index (χ0v) is 7.67. The number of thiazole rings is 1. The fourth-order valence-electron chi connectivity index (χ4n) is 0.818. The van der Waals surface area contributed by atoms with E-state index < -0.39 is 6.10 Å². The highest BCUT2D eigenvalue weighted by atomic mass is 32.1. The van der Waals surface area contributed by atoms with E-state index in [1.165, 1.54) is 11.3 Å². The molecule has 0 unspecified atom stereocenters. The lowest BCUT2D eigenvalue weighted by Crippen LogP contribution is -2.05. The van der Waals surface area contributed by atoms with Crippen molar-refractivity contribution in [2.24, 2.45) is 5.73 Å². The molecule has 0 bridgehead atoms. The monoisotopic (exact) mass is 188 g/mol. The van der Waals surface area contributed by atoms with Crippen molar-refractivity contribution in [3.8, 4) is 5.19 Å². The minimum absolute atomic E-state index is 0.474. The number of rotatable bonds is 4. The van der Waals surface area contributed by atoms with Crippen molar-refractivity contribution in [3.05, 3.63) is 11.1 Å². The number of methoxy groups -OCH3 is 1. The highest BCUT2D eigenvalue weighted by Gasteiger charge is 2.10. The molecule has 68 valence electrons. The molecular weight excluding hydrogens is 176 g/mol. The third-order valence-electron chi connectivity index (χ3n) is 1.45. The van der Waals surface area contributed by atoms with Gasteiger partial charge in [0.25, 0.3) is 5.19 Å². The number of nitrogens with two attached hydrogens (primary N) is 1. The number of aromatic nitrogens is 1. The summed E-state index contributed by atoms with van der Waals surface area (Å²) in [4.78, 5) is 4.74. The highest BCUT2D eigenvalue weighted by molar-refractivity contribution is 7.13. The second-order valence-corrected chi connectivity index (χ2v) is 3.35. The SMILES string of the molecule is COc1ncc([C@@H](O)CCN)s1. The molecule has 12 heavy (non-hydrogen) atoms. The molecule has 1 heterocycles. The Morgan fingerprint density at radius 1 is 1.83 bits per heavy atom. The van der Waals surface area contributed by atoms with Gasteiger partial charge in [0.1, 0.15) is 0 Å². The van der Waals surface area contributed by atoms with Crippen LogP contribution in [0.2, 0.25) is 0 Å². The molecular formula is C7H12N2O2S. The molecule has 0 saturated carbocycles. The standard InChI is InChI=1S/C7H12N2O2S/c1-11-7-9-4-6(12-7)5(10)2-3-8/h4-5,10H,2-3,8H2,1H3/t5-/m0/s1. The summed E-state index contributed by atoms with van der Waals surface area (Å²) < 4.78 is 4.89. The number of hydrogen-bond acceptors (Lipinski definition) is 5. The van der Waals surface area contributed by atoms with Gasteiger partial charge in [0, 0.05) is 6.20 Å². The predicted octanol–water partition coefficient (Wildman–Crippen LogP) is 0.534. The van der Waals surface area contributed by atoms with E-state index in [1.807, 2.05) is 0 Å². The molecule has 4 nitrogen and oxygen atoms in total. The van der Waals surface area contributed by atoms with Gasteiger partial charge in [0.15, 0.2) is 0 Å². The van der Waals surface area contributed by atoms with E-state index in [9.17, 15) is 5.11 Å². The first-order valence-corrected chi connectivity index (χ1v) is 4.47. The third kappa shape index (κ3) is 2.17. The summed E-state index contributed by atoms with van der Waals surface area (Å²) in [5, 5.41) is 10.0. The van der Waals surface area contributed by atoms with E-state index in [-0.39, 0.29) is 0 Å². The summed E-state index contributed by atoms with van der Waals surface area (Å²) in [6.07, 6.45) is 1.67. The predicted molar refractivity (Wildman–Crippen MR) is 47.3 cm³/mol. The summed E-state index contributed by atoms with van der Waals surface area (Å²) in [6, 6.07) is 0. The Bertz CT molecular complexity index is 239. The van der Waals surface area contributed by atoms with Crippen molar-refractivity contribution < 1.29 is 9.84 Å². The fraction of sp³-hybridized carbons (Fsp3) is 0.571. The average molecular weight is 188 g/mol. The smallest absolute Gasteiger partial charge is 0.273 e. The van der Waals surface area contributed by atoms with Gasteiger partial charge in [0.2, 0.25) is 0 Å². The summed E-state index contributed by atoms with van der Waals surface area (Å²) in [5.41, 5.74) is 5.30. The normalized spacial score (nSPS) is 12.9. The second kappa shape index (κ2) is 4.39. The van der Waals surface area contributed by atoms with Gasteiger partial charge in [-0.25, -0.2) is 4.98 Å². The summed E-state index contributed by atoms with van der Waals surface area (Å²) in [6.45, 7) is 0.474. The van der Waals surface area contributed by atoms with Crippen LogP contribution in [0, 0.1) is 0 Å². The average Bonchev–Trinajstić information content (AvgIpc) is 2.52. The third-order valence-corrected chi connectivity index (χ3v) is 2.51. The highest BCUT2D eigenvalue weighted by Crippen LogP contribution is 2.26. The van der Waals surface area contributed by atoms with Crippen LogP contribution < -0.4 is 10.5 Å². The Kier molecular flexibility index (Phi) is 3.46. The van der Waals surface area contributed by atoms with Crippen molar-refractivity contribution in [2.75, 3.05) is 13.7 Å². The Balaban J connectivity index is 2.61. The molecule has 0 aliphatic carbocycles. The molecule has 1 aromatic heterocycles. The molecule has 0 spiro atoms. The topological polar surface area (TPSA) is 68.4 Å². The van der Waals surface area contributed by atoms with Gasteiger partial charge >= 0.3 is 0 Å². The molecule has 0 saturated heterocycles. The van der Waals surface area contributed by atoms with Crippen LogP contribution in [-0.4, -0.2) is 23.7 Å². The number of nitrogens with zero attached hydrogens (tertiary/aromatic N) is 1.